The van der Waals surface area contributed by atoms with Crippen LogP contribution in [-0.2, 0) is 9.31 Å². The molecule has 0 bridgehead atoms. The van der Waals surface area contributed by atoms with Crippen molar-refractivity contribution in [1.29, 1.82) is 0 Å². The molecule has 0 spiro atoms. The van der Waals surface area contributed by atoms with Crippen molar-refractivity contribution in [3.8, 4) is 5.75 Å². The number of methoxy groups -OCH3 is 1. The number of hydrogen-bond acceptors (Lipinski definition) is 4. The second-order valence-corrected chi connectivity index (χ2v) is 7.08. The lowest BCUT2D eigenvalue weighted by molar-refractivity contribution is 0.00578. The predicted octanol–water partition coefficient (Wildman–Crippen LogP) is 3.24. The Morgan fingerprint density at radius 2 is 1.83 bits per heavy atom. The first-order valence-corrected chi connectivity index (χ1v) is 8.05. The first kappa shape index (κ1) is 18.0. The number of likely N-dealkylation sites (N-methyl/N-ethyl adjacent to an activating group) is 1. The van der Waals surface area contributed by atoms with Gasteiger partial charge < -0.3 is 19.4 Å². The van der Waals surface area contributed by atoms with Crippen molar-refractivity contribution >= 4 is 13.2 Å². The van der Waals surface area contributed by atoms with Crippen LogP contribution in [0.25, 0.3) is 6.08 Å². The van der Waals surface area contributed by atoms with Gasteiger partial charge in [0.05, 0.1) is 18.3 Å². The lowest BCUT2D eigenvalue weighted by Crippen LogP contribution is -2.41. The molecule has 0 atom stereocenters. The average Bonchev–Trinajstić information content (AvgIpc) is 2.67. The van der Waals surface area contributed by atoms with E-state index < -0.39 is 0 Å². The Balaban J connectivity index is 2.38. The quantitative estimate of drug-likeness (QED) is 0.847. The molecule has 1 aromatic rings. The van der Waals surface area contributed by atoms with Crippen LogP contribution in [0.3, 0.4) is 0 Å². The minimum absolute atomic E-state index is 0.346. The van der Waals surface area contributed by atoms with Crippen molar-refractivity contribution in [2.45, 2.75) is 45.8 Å². The predicted molar refractivity (Wildman–Crippen MR) is 95.7 cm³/mol. The summed E-state index contributed by atoms with van der Waals surface area (Å²) in [6, 6.07) is 6.14. The van der Waals surface area contributed by atoms with E-state index >= 15 is 0 Å². The Morgan fingerprint density at radius 3 is 2.35 bits per heavy atom. The van der Waals surface area contributed by atoms with Crippen LogP contribution in [0.4, 0.5) is 0 Å². The van der Waals surface area contributed by atoms with E-state index in [9.17, 15) is 0 Å². The van der Waals surface area contributed by atoms with Gasteiger partial charge in [-0.3, -0.25) is 0 Å². The fourth-order valence-electron chi connectivity index (χ4n) is 2.57. The van der Waals surface area contributed by atoms with E-state index in [1.165, 1.54) is 5.56 Å². The van der Waals surface area contributed by atoms with E-state index in [1.807, 2.05) is 19.2 Å². The molecule has 5 heteroatoms. The molecule has 0 radical (unpaired) electrons. The van der Waals surface area contributed by atoms with E-state index in [4.69, 9.17) is 14.0 Å². The largest absolute Gasteiger partial charge is 0.496 e. The highest BCUT2D eigenvalue weighted by Crippen LogP contribution is 2.39. The molecule has 4 nitrogen and oxygen atoms in total. The van der Waals surface area contributed by atoms with E-state index in [-0.39, 0.29) is 18.3 Å². The van der Waals surface area contributed by atoms with Crippen LogP contribution in [0.15, 0.2) is 23.7 Å². The van der Waals surface area contributed by atoms with Crippen molar-refractivity contribution < 1.29 is 14.0 Å². The van der Waals surface area contributed by atoms with Crippen LogP contribution in [-0.4, -0.2) is 39.0 Å². The smallest absolute Gasteiger partial charge is 0.491 e. The number of rotatable bonds is 5. The summed E-state index contributed by atoms with van der Waals surface area (Å²) in [4.78, 5) is 0. The number of nitrogens with one attached hydrogen (secondary N) is 1. The van der Waals surface area contributed by atoms with Gasteiger partial charge in [-0.1, -0.05) is 17.7 Å². The molecule has 1 N–H and O–H groups in total. The Bertz CT molecular complexity index is 580. The summed E-state index contributed by atoms with van der Waals surface area (Å²) in [5.74, 6) is 0.848. The van der Waals surface area contributed by atoms with Gasteiger partial charge in [-0.25, -0.2) is 0 Å². The summed E-state index contributed by atoms with van der Waals surface area (Å²) in [6.45, 7) is 11.0. The highest BCUT2D eigenvalue weighted by atomic mass is 16.7. The summed E-state index contributed by atoms with van der Waals surface area (Å²) < 4.78 is 17.8. The Hall–Kier alpha value is -1.30. The first-order chi connectivity index (χ1) is 10.7. The topological polar surface area (TPSA) is 39.7 Å². The molecule has 1 saturated heterocycles. The maximum atomic E-state index is 6.18. The molecule has 1 fully saturated rings. The first-order valence-electron chi connectivity index (χ1n) is 8.05. The van der Waals surface area contributed by atoms with Crippen molar-refractivity contribution in [2.75, 3.05) is 20.7 Å². The van der Waals surface area contributed by atoms with Gasteiger partial charge in [0.25, 0.3) is 0 Å². The zero-order valence-corrected chi connectivity index (χ0v) is 15.3. The van der Waals surface area contributed by atoms with E-state index in [0.717, 1.165) is 16.8 Å². The second-order valence-electron chi connectivity index (χ2n) is 7.08. The fraction of sp³-hybridized carbons (Fsp3) is 0.556. The number of benzene rings is 1. The number of aryl methyl sites for hydroxylation is 1. The minimum Gasteiger partial charge on any atom is -0.496 e. The molecule has 0 saturated carbocycles. The van der Waals surface area contributed by atoms with Gasteiger partial charge in [0.1, 0.15) is 5.75 Å². The molecule has 0 aliphatic carbocycles. The highest BCUT2D eigenvalue weighted by molar-refractivity contribution is 6.56. The van der Waals surface area contributed by atoms with E-state index in [1.54, 1.807) is 7.11 Å². The lowest BCUT2D eigenvalue weighted by Gasteiger charge is -2.32. The van der Waals surface area contributed by atoms with Crippen LogP contribution >= 0.6 is 0 Å². The second kappa shape index (κ2) is 6.67. The van der Waals surface area contributed by atoms with Crippen molar-refractivity contribution in [3.63, 3.8) is 0 Å². The molecular weight excluding hydrogens is 289 g/mol. The molecule has 1 aliphatic rings. The van der Waals surface area contributed by atoms with Gasteiger partial charge in [-0.15, -0.1) is 0 Å². The van der Waals surface area contributed by atoms with Gasteiger partial charge in [-0.05, 0) is 59.3 Å². The van der Waals surface area contributed by atoms with E-state index in [2.05, 4.69) is 52.1 Å². The maximum Gasteiger partial charge on any atom is 0.491 e. The minimum atomic E-state index is -0.363. The number of hydrogen-bond donors (Lipinski definition) is 1. The zero-order chi connectivity index (χ0) is 17.3. The molecule has 0 aromatic heterocycles. The van der Waals surface area contributed by atoms with Crippen molar-refractivity contribution in [1.82, 2.24) is 5.32 Å². The lowest BCUT2D eigenvalue weighted by atomic mass is 9.77. The maximum absolute atomic E-state index is 6.18. The Morgan fingerprint density at radius 1 is 1.22 bits per heavy atom. The fourth-order valence-corrected chi connectivity index (χ4v) is 2.57. The van der Waals surface area contributed by atoms with E-state index in [0.29, 0.717) is 6.54 Å². The molecule has 23 heavy (non-hydrogen) atoms. The SMILES string of the molecule is CNCC(=Cc1cc(C)ccc1OC)B1OC(C)(C)C(C)(C)O1. The molecule has 126 valence electrons. The summed E-state index contributed by atoms with van der Waals surface area (Å²) in [6.07, 6.45) is 2.10. The third kappa shape index (κ3) is 3.79. The van der Waals surface area contributed by atoms with Gasteiger partial charge in [0, 0.05) is 12.1 Å². The molecular formula is C18H28BNO3. The molecule has 0 amide bonds. The van der Waals surface area contributed by atoms with Crippen LogP contribution in [0.2, 0.25) is 0 Å². The summed E-state index contributed by atoms with van der Waals surface area (Å²) in [7, 11) is 3.25. The normalized spacial score (nSPS) is 20.0. The van der Waals surface area contributed by atoms with Gasteiger partial charge in [0.2, 0.25) is 0 Å². The van der Waals surface area contributed by atoms with Crippen LogP contribution in [0.1, 0.15) is 38.8 Å². The number of ether oxygens (including phenoxy) is 1. The van der Waals surface area contributed by atoms with Gasteiger partial charge >= 0.3 is 7.12 Å². The molecule has 1 heterocycles. The zero-order valence-electron chi connectivity index (χ0n) is 15.3. The Labute approximate surface area is 140 Å². The monoisotopic (exact) mass is 317 g/mol. The Kier molecular flexibility index (Phi) is 5.24. The average molecular weight is 317 g/mol. The van der Waals surface area contributed by atoms with Crippen LogP contribution in [0.5, 0.6) is 5.75 Å². The summed E-state index contributed by atoms with van der Waals surface area (Å²) >= 11 is 0. The third-order valence-corrected chi connectivity index (χ3v) is 4.66. The third-order valence-electron chi connectivity index (χ3n) is 4.66. The van der Waals surface area contributed by atoms with Gasteiger partial charge in [-0.2, -0.15) is 0 Å². The standard InChI is InChI=1S/C18H28BNO3/c1-13-8-9-16(21-7)14(10-13)11-15(12-20-6)19-22-17(2,3)18(4,5)23-19/h8-11,20H,12H2,1-7H3. The molecule has 1 aliphatic heterocycles. The van der Waals surface area contributed by atoms with Crippen LogP contribution < -0.4 is 10.1 Å². The summed E-state index contributed by atoms with van der Waals surface area (Å²) in [5, 5.41) is 3.20. The van der Waals surface area contributed by atoms with Crippen molar-refractivity contribution in [3.05, 3.63) is 34.8 Å². The van der Waals surface area contributed by atoms with Crippen molar-refractivity contribution in [2.24, 2.45) is 0 Å². The van der Waals surface area contributed by atoms with Gasteiger partial charge in [0.15, 0.2) is 0 Å². The highest BCUT2D eigenvalue weighted by Gasteiger charge is 2.52. The molecule has 1 aromatic carbocycles. The van der Waals surface area contributed by atoms with Crippen LogP contribution in [0, 0.1) is 6.92 Å². The summed E-state index contributed by atoms with van der Waals surface area (Å²) in [5.41, 5.74) is 2.58. The molecule has 0 unspecified atom stereocenters. The molecule has 2 rings (SSSR count).